The van der Waals surface area contributed by atoms with Crippen molar-refractivity contribution in [2.75, 3.05) is 19.1 Å². The van der Waals surface area contributed by atoms with Gasteiger partial charge in [0.1, 0.15) is 10.9 Å². The summed E-state index contributed by atoms with van der Waals surface area (Å²) in [4.78, 5) is 17.7. The van der Waals surface area contributed by atoms with Crippen LogP contribution in [0.3, 0.4) is 0 Å². The Kier molecular flexibility index (Phi) is 4.02. The summed E-state index contributed by atoms with van der Waals surface area (Å²) in [5.41, 5.74) is 1.18. The summed E-state index contributed by atoms with van der Waals surface area (Å²) in [6, 6.07) is 10.5. The van der Waals surface area contributed by atoms with Crippen molar-refractivity contribution in [3.63, 3.8) is 0 Å². The molecule has 2 rings (SSSR count). The fourth-order valence-corrected chi connectivity index (χ4v) is 1.92. The molecule has 98 valence electrons. The maximum Gasteiger partial charge on any atom is 0.258 e. The van der Waals surface area contributed by atoms with Gasteiger partial charge in [-0.05, 0) is 24.3 Å². The molecule has 0 atom stereocenters. The van der Waals surface area contributed by atoms with Crippen LogP contribution in [0.5, 0.6) is 5.75 Å². The lowest BCUT2D eigenvalue weighted by Crippen LogP contribution is -2.26. The zero-order chi connectivity index (χ0) is 13.8. The first-order valence-electron chi connectivity index (χ1n) is 5.66. The molecular weight excluding hydrogens is 264 g/mol. The summed E-state index contributed by atoms with van der Waals surface area (Å²) in [5, 5.41) is 0.291. The molecule has 0 fully saturated rings. The van der Waals surface area contributed by atoms with Gasteiger partial charge in [-0.1, -0.05) is 23.7 Å². The molecule has 0 spiro atoms. The molecular formula is C14H13ClN2O2. The van der Waals surface area contributed by atoms with Gasteiger partial charge in [0.25, 0.3) is 5.91 Å². The van der Waals surface area contributed by atoms with Gasteiger partial charge in [0.05, 0.1) is 12.8 Å². The van der Waals surface area contributed by atoms with Crippen molar-refractivity contribution in [3.05, 3.63) is 53.3 Å². The number of anilines is 1. The number of amides is 1. The number of methoxy groups -OCH3 is 1. The molecule has 4 nitrogen and oxygen atoms in total. The van der Waals surface area contributed by atoms with Crippen LogP contribution in [0.15, 0.2) is 42.6 Å². The number of para-hydroxylation sites is 2. The largest absolute Gasteiger partial charge is 0.495 e. The molecule has 19 heavy (non-hydrogen) atoms. The number of halogens is 1. The van der Waals surface area contributed by atoms with E-state index in [-0.39, 0.29) is 5.91 Å². The predicted molar refractivity (Wildman–Crippen MR) is 75.0 cm³/mol. The normalized spacial score (nSPS) is 10.1. The summed E-state index contributed by atoms with van der Waals surface area (Å²) in [6.07, 6.45) is 1.51. The molecule has 1 heterocycles. The standard InChI is InChI=1S/C14H13ClN2O2/c1-17(11-5-3-4-6-12(11)19-2)14(18)10-7-8-16-13(15)9-10/h3-9H,1-2H3. The number of benzene rings is 1. The minimum absolute atomic E-state index is 0.172. The third-order valence-electron chi connectivity index (χ3n) is 2.72. The quantitative estimate of drug-likeness (QED) is 0.809. The molecule has 0 bridgehead atoms. The molecule has 5 heteroatoms. The number of pyridine rings is 1. The lowest BCUT2D eigenvalue weighted by molar-refractivity contribution is 0.0992. The second-order valence-corrected chi connectivity index (χ2v) is 4.29. The molecule has 0 saturated heterocycles. The van der Waals surface area contributed by atoms with Gasteiger partial charge in [-0.15, -0.1) is 0 Å². The Labute approximate surface area is 116 Å². The van der Waals surface area contributed by atoms with Gasteiger partial charge in [-0.25, -0.2) is 4.98 Å². The maximum atomic E-state index is 12.3. The van der Waals surface area contributed by atoms with E-state index in [2.05, 4.69) is 4.98 Å². The van der Waals surface area contributed by atoms with Crippen molar-refractivity contribution in [1.29, 1.82) is 0 Å². The number of hydrogen-bond acceptors (Lipinski definition) is 3. The average Bonchev–Trinajstić information content (AvgIpc) is 2.45. The number of ether oxygens (including phenoxy) is 1. The number of carbonyl (C=O) groups is 1. The smallest absolute Gasteiger partial charge is 0.258 e. The molecule has 0 aliphatic carbocycles. The highest BCUT2D eigenvalue weighted by Crippen LogP contribution is 2.27. The van der Waals surface area contributed by atoms with E-state index in [0.29, 0.717) is 22.2 Å². The molecule has 0 radical (unpaired) electrons. The zero-order valence-corrected chi connectivity index (χ0v) is 11.4. The van der Waals surface area contributed by atoms with Gasteiger partial charge in [-0.3, -0.25) is 4.79 Å². The minimum Gasteiger partial charge on any atom is -0.495 e. The molecule has 0 aliphatic rings. The lowest BCUT2D eigenvalue weighted by Gasteiger charge is -2.19. The van der Waals surface area contributed by atoms with Gasteiger partial charge in [0.2, 0.25) is 0 Å². The summed E-state index contributed by atoms with van der Waals surface area (Å²) < 4.78 is 5.24. The fourth-order valence-electron chi connectivity index (χ4n) is 1.75. The highest BCUT2D eigenvalue weighted by atomic mass is 35.5. The highest BCUT2D eigenvalue weighted by molar-refractivity contribution is 6.29. The van der Waals surface area contributed by atoms with Gasteiger partial charge >= 0.3 is 0 Å². The Hall–Kier alpha value is -2.07. The van der Waals surface area contributed by atoms with E-state index < -0.39 is 0 Å². The number of nitrogens with zero attached hydrogens (tertiary/aromatic N) is 2. The first kappa shape index (κ1) is 13.4. The van der Waals surface area contributed by atoms with E-state index in [0.717, 1.165) is 0 Å². The fraction of sp³-hybridized carbons (Fsp3) is 0.143. The number of aromatic nitrogens is 1. The first-order valence-corrected chi connectivity index (χ1v) is 6.04. The molecule has 1 aromatic heterocycles. The van der Waals surface area contributed by atoms with E-state index in [1.807, 2.05) is 18.2 Å². The van der Waals surface area contributed by atoms with Crippen molar-refractivity contribution in [2.45, 2.75) is 0 Å². The van der Waals surface area contributed by atoms with Crippen LogP contribution in [-0.2, 0) is 0 Å². The van der Waals surface area contributed by atoms with Crippen LogP contribution in [0, 0.1) is 0 Å². The van der Waals surface area contributed by atoms with Crippen molar-refractivity contribution < 1.29 is 9.53 Å². The van der Waals surface area contributed by atoms with Gasteiger partial charge in [0, 0.05) is 18.8 Å². The lowest BCUT2D eigenvalue weighted by atomic mass is 10.2. The highest BCUT2D eigenvalue weighted by Gasteiger charge is 2.16. The van der Waals surface area contributed by atoms with Crippen LogP contribution in [0.25, 0.3) is 0 Å². The Morgan fingerprint density at radius 3 is 2.74 bits per heavy atom. The van der Waals surface area contributed by atoms with Gasteiger partial charge < -0.3 is 9.64 Å². The van der Waals surface area contributed by atoms with Gasteiger partial charge in [0.15, 0.2) is 0 Å². The van der Waals surface area contributed by atoms with Crippen molar-refractivity contribution in [1.82, 2.24) is 4.98 Å². The zero-order valence-electron chi connectivity index (χ0n) is 10.6. The predicted octanol–water partition coefficient (Wildman–Crippen LogP) is 3.02. The topological polar surface area (TPSA) is 42.4 Å². The molecule has 2 aromatic rings. The van der Waals surface area contributed by atoms with E-state index in [9.17, 15) is 4.79 Å². The molecule has 1 aromatic carbocycles. The molecule has 0 saturated carbocycles. The van der Waals surface area contributed by atoms with Gasteiger partial charge in [-0.2, -0.15) is 0 Å². The van der Waals surface area contributed by atoms with E-state index >= 15 is 0 Å². The van der Waals surface area contributed by atoms with Crippen molar-refractivity contribution >= 4 is 23.2 Å². The third-order valence-corrected chi connectivity index (χ3v) is 2.93. The Morgan fingerprint density at radius 1 is 1.32 bits per heavy atom. The Bertz CT molecular complexity index is 602. The maximum absolute atomic E-state index is 12.3. The van der Waals surface area contributed by atoms with E-state index in [1.165, 1.54) is 17.2 Å². The number of hydrogen-bond donors (Lipinski definition) is 0. The average molecular weight is 277 g/mol. The third kappa shape index (κ3) is 2.85. The molecule has 0 N–H and O–H groups in total. The van der Waals surface area contributed by atoms with Crippen LogP contribution in [0.4, 0.5) is 5.69 Å². The van der Waals surface area contributed by atoms with Crippen LogP contribution in [0.2, 0.25) is 5.15 Å². The number of carbonyl (C=O) groups excluding carboxylic acids is 1. The summed E-state index contributed by atoms with van der Waals surface area (Å²) in [5.74, 6) is 0.465. The van der Waals surface area contributed by atoms with Crippen LogP contribution < -0.4 is 9.64 Å². The first-order chi connectivity index (χ1) is 9.13. The SMILES string of the molecule is COc1ccccc1N(C)C(=O)c1ccnc(Cl)c1. The summed E-state index contributed by atoms with van der Waals surface area (Å²) >= 11 is 5.79. The van der Waals surface area contributed by atoms with E-state index in [1.54, 1.807) is 26.3 Å². The minimum atomic E-state index is -0.172. The van der Waals surface area contributed by atoms with Crippen LogP contribution >= 0.6 is 11.6 Å². The van der Waals surface area contributed by atoms with Crippen LogP contribution in [-0.4, -0.2) is 25.0 Å². The van der Waals surface area contributed by atoms with Crippen molar-refractivity contribution in [2.24, 2.45) is 0 Å². The summed E-state index contributed by atoms with van der Waals surface area (Å²) in [7, 11) is 3.26. The van der Waals surface area contributed by atoms with E-state index in [4.69, 9.17) is 16.3 Å². The second kappa shape index (κ2) is 5.71. The number of rotatable bonds is 3. The monoisotopic (exact) mass is 276 g/mol. The Balaban J connectivity index is 2.33. The second-order valence-electron chi connectivity index (χ2n) is 3.90. The van der Waals surface area contributed by atoms with Crippen molar-refractivity contribution in [3.8, 4) is 5.75 Å². The molecule has 0 aliphatic heterocycles. The Morgan fingerprint density at radius 2 is 2.05 bits per heavy atom. The molecule has 1 amide bonds. The molecule has 0 unspecified atom stereocenters. The summed E-state index contributed by atoms with van der Waals surface area (Å²) in [6.45, 7) is 0. The van der Waals surface area contributed by atoms with Crippen LogP contribution in [0.1, 0.15) is 10.4 Å².